The molecule has 3 aromatic carbocycles. The fourth-order valence-electron chi connectivity index (χ4n) is 7.10. The van der Waals surface area contributed by atoms with Gasteiger partial charge in [-0.05, 0) is 62.4 Å². The van der Waals surface area contributed by atoms with Gasteiger partial charge in [0.25, 0.3) is 5.91 Å². The van der Waals surface area contributed by atoms with Gasteiger partial charge >= 0.3 is 0 Å². The Morgan fingerprint density at radius 2 is 1.52 bits per heavy atom. The van der Waals surface area contributed by atoms with Gasteiger partial charge in [-0.1, -0.05) is 68.1 Å². The van der Waals surface area contributed by atoms with Crippen molar-refractivity contribution >= 4 is 23.2 Å². The average molecular weight is 680 g/mol. The van der Waals surface area contributed by atoms with Crippen LogP contribution in [0.3, 0.4) is 0 Å². The minimum absolute atomic E-state index is 0.000590. The third-order valence-electron chi connectivity index (χ3n) is 9.97. The number of fused-ring (bicyclic) bond motifs is 2. The predicted molar refractivity (Wildman–Crippen MR) is 202 cm³/mol. The average Bonchev–Trinajstić information content (AvgIpc) is 3.15. The zero-order valence-corrected chi connectivity index (χ0v) is 30.1. The van der Waals surface area contributed by atoms with Gasteiger partial charge in [-0.25, -0.2) is 0 Å². The first-order valence-corrected chi connectivity index (χ1v) is 18.6. The zero-order valence-electron chi connectivity index (χ0n) is 30.1. The SMILES string of the molecule is CCCCNc1ccc2c(c1)Oc1cc(N(CC)CC)ccc1C2c1ccccc1C(=O)N1CCN(C(=O)CCCCCCCN=[N+]=[N-])CC1. The standard InChI is InChI=1S/C40H53N7O3/c1-4-7-22-42-30-18-20-34-36(28-30)50-37-29-31(45(5-2)6-3)19-21-35(37)39(34)32-15-12-13-16-33(32)40(49)47-26-24-46(25-27-47)38(48)17-11-9-8-10-14-23-43-44-41/h12-13,15-16,18-21,28-29,39,42H,4-11,14,17,22-27H2,1-3H3. The summed E-state index contributed by atoms with van der Waals surface area (Å²) in [5, 5.41) is 7.11. The van der Waals surface area contributed by atoms with Crippen molar-refractivity contribution in [3.63, 3.8) is 0 Å². The molecular weight excluding hydrogens is 626 g/mol. The molecule has 1 N–H and O–H groups in total. The number of carbonyl (C=O) groups excluding carboxylic acids is 2. The Morgan fingerprint density at radius 3 is 2.26 bits per heavy atom. The molecule has 0 aromatic heterocycles. The number of benzene rings is 3. The van der Waals surface area contributed by atoms with Crippen molar-refractivity contribution in [1.82, 2.24) is 9.80 Å². The van der Waals surface area contributed by atoms with E-state index in [2.05, 4.69) is 83.5 Å². The summed E-state index contributed by atoms with van der Waals surface area (Å²) in [5.74, 6) is 1.62. The summed E-state index contributed by atoms with van der Waals surface area (Å²) in [6.07, 6.45) is 7.52. The summed E-state index contributed by atoms with van der Waals surface area (Å²) in [6, 6.07) is 20.8. The van der Waals surface area contributed by atoms with Gasteiger partial charge < -0.3 is 24.8 Å². The summed E-state index contributed by atoms with van der Waals surface area (Å²) >= 11 is 0. The Morgan fingerprint density at radius 1 is 0.840 bits per heavy atom. The Kier molecular flexibility index (Phi) is 13.4. The maximum absolute atomic E-state index is 14.3. The van der Waals surface area contributed by atoms with Gasteiger partial charge in [0.05, 0.1) is 0 Å². The highest BCUT2D eigenvalue weighted by atomic mass is 16.5. The summed E-state index contributed by atoms with van der Waals surface area (Å²) < 4.78 is 6.65. The predicted octanol–water partition coefficient (Wildman–Crippen LogP) is 8.97. The number of amides is 2. The van der Waals surface area contributed by atoms with Crippen molar-refractivity contribution in [2.24, 2.45) is 5.11 Å². The largest absolute Gasteiger partial charge is 0.457 e. The molecule has 2 aliphatic rings. The van der Waals surface area contributed by atoms with Crippen molar-refractivity contribution in [3.05, 3.63) is 93.4 Å². The molecule has 3 aromatic rings. The summed E-state index contributed by atoms with van der Waals surface area (Å²) in [4.78, 5) is 36.1. The third-order valence-corrected chi connectivity index (χ3v) is 9.97. The Bertz CT molecular complexity index is 1640. The van der Waals surface area contributed by atoms with E-state index in [0.29, 0.717) is 44.7 Å². The van der Waals surface area contributed by atoms with Crippen LogP contribution in [-0.2, 0) is 4.79 Å². The molecule has 1 fully saturated rings. The van der Waals surface area contributed by atoms with Gasteiger partial charge in [0.1, 0.15) is 11.5 Å². The second-order valence-electron chi connectivity index (χ2n) is 13.2. The van der Waals surface area contributed by atoms with Crippen molar-refractivity contribution < 1.29 is 14.3 Å². The van der Waals surface area contributed by atoms with Crippen LogP contribution in [0, 0.1) is 0 Å². The molecule has 0 saturated carbocycles. The monoisotopic (exact) mass is 679 g/mol. The molecule has 5 rings (SSSR count). The molecule has 2 aliphatic heterocycles. The van der Waals surface area contributed by atoms with Crippen molar-refractivity contribution in [2.45, 2.75) is 78.1 Å². The first-order chi connectivity index (χ1) is 24.5. The number of nitrogens with zero attached hydrogens (tertiary/aromatic N) is 6. The molecule has 0 radical (unpaired) electrons. The molecular formula is C40H53N7O3. The minimum atomic E-state index is -0.175. The minimum Gasteiger partial charge on any atom is -0.457 e. The van der Waals surface area contributed by atoms with Crippen LogP contribution in [0.5, 0.6) is 11.5 Å². The first-order valence-electron chi connectivity index (χ1n) is 18.6. The molecule has 266 valence electrons. The molecule has 10 heteroatoms. The van der Waals surface area contributed by atoms with Crippen LogP contribution < -0.4 is 15.0 Å². The van der Waals surface area contributed by atoms with Crippen LogP contribution in [0.1, 0.15) is 105 Å². The van der Waals surface area contributed by atoms with Gasteiger partial charge in [0.2, 0.25) is 5.91 Å². The quantitative estimate of drug-likeness (QED) is 0.0518. The molecule has 0 spiro atoms. The smallest absolute Gasteiger partial charge is 0.254 e. The lowest BCUT2D eigenvalue weighted by Crippen LogP contribution is -2.50. The van der Waals surface area contributed by atoms with Crippen LogP contribution >= 0.6 is 0 Å². The van der Waals surface area contributed by atoms with Crippen molar-refractivity contribution in [1.29, 1.82) is 0 Å². The van der Waals surface area contributed by atoms with E-state index in [9.17, 15) is 9.59 Å². The molecule has 0 bridgehead atoms. The fraction of sp³-hybridized carbons (Fsp3) is 0.500. The lowest BCUT2D eigenvalue weighted by molar-refractivity contribution is -0.132. The van der Waals surface area contributed by atoms with E-state index < -0.39 is 0 Å². The number of nitrogens with one attached hydrogen (secondary N) is 1. The van der Waals surface area contributed by atoms with E-state index in [0.717, 1.165) is 104 Å². The molecule has 2 heterocycles. The van der Waals surface area contributed by atoms with Crippen LogP contribution in [-0.4, -0.2) is 74.0 Å². The maximum atomic E-state index is 14.3. The number of unbranched alkanes of at least 4 members (excludes halogenated alkanes) is 5. The van der Waals surface area contributed by atoms with E-state index in [1.165, 1.54) is 0 Å². The molecule has 2 amide bonds. The maximum Gasteiger partial charge on any atom is 0.254 e. The van der Waals surface area contributed by atoms with E-state index >= 15 is 0 Å². The van der Waals surface area contributed by atoms with Crippen molar-refractivity contribution in [2.75, 3.05) is 62.6 Å². The molecule has 1 atom stereocenters. The summed E-state index contributed by atoms with van der Waals surface area (Å²) in [7, 11) is 0. The van der Waals surface area contributed by atoms with Gasteiger partial charge in [0, 0.05) is 110 Å². The van der Waals surface area contributed by atoms with Gasteiger partial charge in [-0.3, -0.25) is 9.59 Å². The fourth-order valence-corrected chi connectivity index (χ4v) is 7.10. The van der Waals surface area contributed by atoms with E-state index in [-0.39, 0.29) is 17.7 Å². The highest BCUT2D eigenvalue weighted by Crippen LogP contribution is 2.49. The molecule has 1 unspecified atom stereocenters. The molecule has 0 aliphatic carbocycles. The van der Waals surface area contributed by atoms with Gasteiger partial charge in [-0.15, -0.1) is 0 Å². The summed E-state index contributed by atoms with van der Waals surface area (Å²) in [6.45, 7) is 11.9. The van der Waals surface area contributed by atoms with Crippen LogP contribution in [0.2, 0.25) is 0 Å². The Hall–Kier alpha value is -4.69. The second-order valence-corrected chi connectivity index (χ2v) is 13.2. The van der Waals surface area contributed by atoms with Crippen LogP contribution in [0.4, 0.5) is 11.4 Å². The summed E-state index contributed by atoms with van der Waals surface area (Å²) in [5.41, 5.74) is 14.3. The van der Waals surface area contributed by atoms with E-state index in [1.54, 1.807) is 0 Å². The number of azide groups is 1. The van der Waals surface area contributed by atoms with E-state index in [4.69, 9.17) is 10.3 Å². The highest BCUT2D eigenvalue weighted by Gasteiger charge is 2.34. The lowest BCUT2D eigenvalue weighted by Gasteiger charge is -2.36. The van der Waals surface area contributed by atoms with Gasteiger partial charge in [-0.2, -0.15) is 0 Å². The molecule has 1 saturated heterocycles. The lowest BCUT2D eigenvalue weighted by atomic mass is 9.80. The van der Waals surface area contributed by atoms with E-state index in [1.807, 2.05) is 28.0 Å². The third kappa shape index (κ3) is 8.90. The number of anilines is 2. The molecule has 50 heavy (non-hydrogen) atoms. The van der Waals surface area contributed by atoms with Crippen LogP contribution in [0.15, 0.2) is 65.8 Å². The number of hydrogen-bond donors (Lipinski definition) is 1. The normalized spacial score (nSPS) is 15.0. The van der Waals surface area contributed by atoms with Crippen LogP contribution in [0.25, 0.3) is 10.4 Å². The number of rotatable bonds is 17. The number of hydrogen-bond acceptors (Lipinski definition) is 6. The van der Waals surface area contributed by atoms with Crippen molar-refractivity contribution in [3.8, 4) is 11.5 Å². The number of piperazine rings is 1. The topological polar surface area (TPSA) is 114 Å². The first kappa shape index (κ1) is 36.6. The Balaban J connectivity index is 1.33. The Labute approximate surface area is 297 Å². The second kappa shape index (κ2) is 18.3. The number of ether oxygens (including phenoxy) is 1. The zero-order chi connectivity index (χ0) is 35.3. The number of carbonyl (C=O) groups is 2. The molecule has 10 nitrogen and oxygen atoms in total. The van der Waals surface area contributed by atoms with Gasteiger partial charge in [0.15, 0.2) is 0 Å². The highest BCUT2D eigenvalue weighted by molar-refractivity contribution is 5.96.